The number of phenols is 1. The minimum atomic E-state index is -0.150. The van der Waals surface area contributed by atoms with Crippen molar-refractivity contribution in [3.8, 4) is 5.75 Å². The van der Waals surface area contributed by atoms with Crippen molar-refractivity contribution < 1.29 is 5.11 Å². The van der Waals surface area contributed by atoms with Crippen LogP contribution in [0.3, 0.4) is 0 Å². The molecule has 0 aliphatic heterocycles. The van der Waals surface area contributed by atoms with Gasteiger partial charge in [0, 0.05) is 4.75 Å². The van der Waals surface area contributed by atoms with Crippen LogP contribution in [-0.2, 0) is 4.75 Å². The molecule has 0 saturated carbocycles. The Morgan fingerprint density at radius 3 is 1.85 bits per heavy atom. The molecule has 0 fully saturated rings. The lowest BCUT2D eigenvalue weighted by molar-refractivity contribution is 0.466. The first kappa shape index (κ1) is 10.5. The van der Waals surface area contributed by atoms with Gasteiger partial charge in [-0.15, -0.1) is 0 Å². The molecule has 1 rings (SSSR count). The Balaban J connectivity index is 3.29. The van der Waals surface area contributed by atoms with Gasteiger partial charge in [-0.05, 0) is 44.4 Å². The van der Waals surface area contributed by atoms with Gasteiger partial charge in [0.05, 0.1) is 0 Å². The molecule has 72 valence electrons. The summed E-state index contributed by atoms with van der Waals surface area (Å²) in [5.41, 5.74) is 2.97. The molecule has 1 aromatic carbocycles. The molecule has 0 radical (unpaired) electrons. The first-order chi connectivity index (χ1) is 5.82. The number of aromatic hydroxyl groups is 1. The molecule has 1 aromatic rings. The smallest absolute Gasteiger partial charge is 0.121 e. The van der Waals surface area contributed by atoms with E-state index in [4.69, 9.17) is 0 Å². The van der Waals surface area contributed by atoms with Crippen LogP contribution in [0.15, 0.2) is 12.1 Å². The van der Waals surface area contributed by atoms with Gasteiger partial charge in [0.1, 0.15) is 5.75 Å². The van der Waals surface area contributed by atoms with Crippen LogP contribution in [0.2, 0.25) is 0 Å². The quantitative estimate of drug-likeness (QED) is 0.661. The fraction of sp³-hybridized carbons (Fsp3) is 0.455. The Kier molecular flexibility index (Phi) is 2.62. The summed E-state index contributed by atoms with van der Waals surface area (Å²) in [5.74, 6) is 0.390. The maximum atomic E-state index is 9.57. The monoisotopic (exact) mass is 196 g/mol. The lowest BCUT2D eigenvalue weighted by Crippen LogP contribution is -2.08. The maximum absolute atomic E-state index is 9.57. The number of hydrogen-bond donors (Lipinski definition) is 2. The number of phenolic OH excluding ortho intramolecular Hbond substituents is 1. The molecule has 0 aliphatic carbocycles. The number of benzene rings is 1. The van der Waals surface area contributed by atoms with Gasteiger partial charge in [0.2, 0.25) is 0 Å². The van der Waals surface area contributed by atoms with Crippen LogP contribution < -0.4 is 0 Å². The van der Waals surface area contributed by atoms with Crippen molar-refractivity contribution in [3.05, 3.63) is 28.8 Å². The normalized spacial score (nSPS) is 11.8. The van der Waals surface area contributed by atoms with Gasteiger partial charge in [-0.3, -0.25) is 0 Å². The highest BCUT2D eigenvalue weighted by atomic mass is 32.1. The third kappa shape index (κ3) is 2.19. The molecule has 1 N–H and O–H groups in total. The zero-order valence-corrected chi connectivity index (χ0v) is 9.44. The van der Waals surface area contributed by atoms with E-state index in [9.17, 15) is 5.11 Å². The van der Waals surface area contributed by atoms with Crippen molar-refractivity contribution in [1.82, 2.24) is 0 Å². The van der Waals surface area contributed by atoms with Crippen LogP contribution in [0.25, 0.3) is 0 Å². The van der Waals surface area contributed by atoms with E-state index in [0.717, 1.165) is 16.7 Å². The van der Waals surface area contributed by atoms with Gasteiger partial charge in [0.25, 0.3) is 0 Å². The third-order valence-electron chi connectivity index (χ3n) is 2.20. The van der Waals surface area contributed by atoms with Crippen molar-refractivity contribution in [2.75, 3.05) is 0 Å². The molecule has 2 heteroatoms. The van der Waals surface area contributed by atoms with Crippen molar-refractivity contribution >= 4 is 12.6 Å². The summed E-state index contributed by atoms with van der Waals surface area (Å²) >= 11 is 4.49. The summed E-state index contributed by atoms with van der Waals surface area (Å²) in [6, 6.07) is 3.96. The summed E-state index contributed by atoms with van der Waals surface area (Å²) < 4.78 is -0.150. The first-order valence-corrected chi connectivity index (χ1v) is 4.80. The molecule has 0 heterocycles. The summed E-state index contributed by atoms with van der Waals surface area (Å²) in [6.07, 6.45) is 0. The van der Waals surface area contributed by atoms with Crippen LogP contribution >= 0.6 is 12.6 Å². The minimum absolute atomic E-state index is 0.150. The summed E-state index contributed by atoms with van der Waals surface area (Å²) in [5, 5.41) is 9.57. The van der Waals surface area contributed by atoms with E-state index in [0.29, 0.717) is 5.75 Å². The van der Waals surface area contributed by atoms with Crippen LogP contribution in [0, 0.1) is 13.8 Å². The maximum Gasteiger partial charge on any atom is 0.121 e. The van der Waals surface area contributed by atoms with Gasteiger partial charge in [-0.2, -0.15) is 12.6 Å². The van der Waals surface area contributed by atoms with Gasteiger partial charge >= 0.3 is 0 Å². The van der Waals surface area contributed by atoms with E-state index in [1.165, 1.54) is 0 Å². The molecule has 0 saturated heterocycles. The predicted molar refractivity (Wildman–Crippen MR) is 59.6 cm³/mol. The van der Waals surface area contributed by atoms with Gasteiger partial charge in [-0.1, -0.05) is 12.1 Å². The second-order valence-corrected chi connectivity index (χ2v) is 5.14. The fourth-order valence-corrected chi connectivity index (χ4v) is 1.44. The third-order valence-corrected chi connectivity index (χ3v) is 2.46. The zero-order valence-electron chi connectivity index (χ0n) is 8.55. The minimum Gasteiger partial charge on any atom is -0.507 e. The fourth-order valence-electron chi connectivity index (χ4n) is 1.31. The number of thiol groups is 1. The first-order valence-electron chi connectivity index (χ1n) is 4.35. The van der Waals surface area contributed by atoms with Crippen molar-refractivity contribution in [2.45, 2.75) is 32.4 Å². The molecule has 0 spiro atoms. The Bertz CT molecular complexity index is 300. The predicted octanol–water partition coefficient (Wildman–Crippen LogP) is 3.17. The highest BCUT2D eigenvalue weighted by Gasteiger charge is 2.16. The van der Waals surface area contributed by atoms with Crippen molar-refractivity contribution in [3.63, 3.8) is 0 Å². The zero-order chi connectivity index (χ0) is 10.2. The summed E-state index contributed by atoms with van der Waals surface area (Å²) in [4.78, 5) is 0. The average Bonchev–Trinajstić information content (AvgIpc) is 1.97. The Morgan fingerprint density at radius 1 is 1.15 bits per heavy atom. The second kappa shape index (κ2) is 3.26. The highest BCUT2D eigenvalue weighted by Crippen LogP contribution is 2.32. The lowest BCUT2D eigenvalue weighted by atomic mass is 9.97. The number of aryl methyl sites for hydroxylation is 2. The molecule has 0 amide bonds. The topological polar surface area (TPSA) is 20.2 Å². The van der Waals surface area contributed by atoms with Crippen LogP contribution in [-0.4, -0.2) is 5.11 Å². The molecule has 0 unspecified atom stereocenters. The molecule has 0 aromatic heterocycles. The van der Waals surface area contributed by atoms with Gasteiger partial charge in [-0.25, -0.2) is 0 Å². The standard InChI is InChI=1S/C11H16OS/c1-7-5-9(11(3,4)13)6-8(2)10(7)12/h5-6,12-13H,1-4H3. The Labute approximate surface area is 85.2 Å². The summed E-state index contributed by atoms with van der Waals surface area (Å²) in [6.45, 7) is 7.90. The molecular formula is C11H16OS. The molecule has 0 bridgehead atoms. The van der Waals surface area contributed by atoms with Crippen LogP contribution in [0.5, 0.6) is 5.75 Å². The van der Waals surface area contributed by atoms with E-state index in [2.05, 4.69) is 12.6 Å². The van der Waals surface area contributed by atoms with Crippen LogP contribution in [0.4, 0.5) is 0 Å². The molecule has 0 aliphatic rings. The van der Waals surface area contributed by atoms with Crippen molar-refractivity contribution in [2.24, 2.45) is 0 Å². The van der Waals surface area contributed by atoms with Crippen LogP contribution in [0.1, 0.15) is 30.5 Å². The second-order valence-electron chi connectivity index (χ2n) is 4.02. The largest absolute Gasteiger partial charge is 0.507 e. The number of rotatable bonds is 1. The molecule has 0 atom stereocenters. The molecular weight excluding hydrogens is 180 g/mol. The summed E-state index contributed by atoms with van der Waals surface area (Å²) in [7, 11) is 0. The van der Waals surface area contributed by atoms with Gasteiger partial charge in [0.15, 0.2) is 0 Å². The van der Waals surface area contributed by atoms with Gasteiger partial charge < -0.3 is 5.11 Å². The SMILES string of the molecule is Cc1cc(C(C)(C)S)cc(C)c1O. The van der Waals surface area contributed by atoms with E-state index in [1.807, 2.05) is 39.8 Å². The lowest BCUT2D eigenvalue weighted by Gasteiger charge is -2.20. The van der Waals surface area contributed by atoms with E-state index < -0.39 is 0 Å². The Morgan fingerprint density at radius 2 is 1.54 bits per heavy atom. The van der Waals surface area contributed by atoms with E-state index >= 15 is 0 Å². The van der Waals surface area contributed by atoms with E-state index in [-0.39, 0.29) is 4.75 Å². The Hall–Kier alpha value is -0.630. The molecule has 13 heavy (non-hydrogen) atoms. The molecule has 1 nitrogen and oxygen atoms in total. The highest BCUT2D eigenvalue weighted by molar-refractivity contribution is 7.81. The van der Waals surface area contributed by atoms with E-state index in [1.54, 1.807) is 0 Å². The average molecular weight is 196 g/mol. The number of hydrogen-bond acceptors (Lipinski definition) is 2. The van der Waals surface area contributed by atoms with Crippen molar-refractivity contribution in [1.29, 1.82) is 0 Å².